The second-order valence-corrected chi connectivity index (χ2v) is 5.69. The molecule has 0 saturated heterocycles. The summed E-state index contributed by atoms with van der Waals surface area (Å²) in [5.41, 5.74) is 0.266. The first-order chi connectivity index (χ1) is 11.5. The van der Waals surface area contributed by atoms with Gasteiger partial charge in [-0.25, -0.2) is 0 Å². The zero-order valence-electron chi connectivity index (χ0n) is 14.4. The monoisotopic (exact) mass is 334 g/mol. The highest BCUT2D eigenvalue weighted by Gasteiger charge is 2.53. The van der Waals surface area contributed by atoms with Crippen molar-refractivity contribution in [1.82, 2.24) is 0 Å². The fourth-order valence-electron chi connectivity index (χ4n) is 3.37. The number of methoxy groups -OCH3 is 4. The predicted molar refractivity (Wildman–Crippen MR) is 87.3 cm³/mol. The maximum atomic E-state index is 12.4. The second-order valence-electron chi connectivity index (χ2n) is 5.69. The van der Waals surface area contributed by atoms with E-state index in [1.54, 1.807) is 32.4 Å². The van der Waals surface area contributed by atoms with Crippen molar-refractivity contribution in [2.24, 2.45) is 5.41 Å². The fourth-order valence-corrected chi connectivity index (χ4v) is 3.37. The molecule has 130 valence electrons. The molecule has 1 aliphatic rings. The Bertz CT molecular complexity index is 648. The van der Waals surface area contributed by atoms with Crippen LogP contribution in [0.2, 0.25) is 0 Å². The summed E-state index contributed by atoms with van der Waals surface area (Å²) in [7, 11) is 5.63. The molecule has 0 bridgehead atoms. The number of hydrogen-bond acceptors (Lipinski definition) is 6. The van der Waals surface area contributed by atoms with E-state index in [0.717, 1.165) is 11.1 Å². The highest BCUT2D eigenvalue weighted by atomic mass is 16.5. The Kier molecular flexibility index (Phi) is 5.17. The molecule has 0 saturated carbocycles. The van der Waals surface area contributed by atoms with Crippen molar-refractivity contribution in [3.05, 3.63) is 35.9 Å². The lowest BCUT2D eigenvalue weighted by Gasteiger charge is -2.37. The van der Waals surface area contributed by atoms with Crippen LogP contribution < -0.4 is 9.47 Å². The molecule has 6 heteroatoms. The molecule has 24 heavy (non-hydrogen) atoms. The lowest BCUT2D eigenvalue weighted by molar-refractivity contribution is -0.170. The summed E-state index contributed by atoms with van der Waals surface area (Å²) in [5.74, 6) is -0.272. The second kappa shape index (κ2) is 6.95. The molecule has 6 nitrogen and oxygen atoms in total. The van der Waals surface area contributed by atoms with E-state index in [-0.39, 0.29) is 18.8 Å². The third-order valence-corrected chi connectivity index (χ3v) is 4.53. The number of hydrogen-bond donors (Lipinski definition) is 0. The lowest BCUT2D eigenvalue weighted by Crippen LogP contribution is -2.46. The Balaban J connectivity index is 2.68. The van der Waals surface area contributed by atoms with Gasteiger partial charge >= 0.3 is 11.9 Å². The van der Waals surface area contributed by atoms with E-state index in [4.69, 9.17) is 18.9 Å². The van der Waals surface area contributed by atoms with Crippen LogP contribution in [0.4, 0.5) is 0 Å². The first-order valence-electron chi connectivity index (χ1n) is 7.51. The number of benzene rings is 1. The van der Waals surface area contributed by atoms with E-state index < -0.39 is 17.4 Å². The molecule has 2 rings (SSSR count). The molecule has 0 aromatic heterocycles. The number of rotatable bonds is 5. The van der Waals surface area contributed by atoms with E-state index in [1.807, 2.05) is 0 Å². The summed E-state index contributed by atoms with van der Waals surface area (Å²) in [6.07, 6.45) is 2.07. The highest BCUT2D eigenvalue weighted by molar-refractivity contribution is 6.01. The van der Waals surface area contributed by atoms with Crippen molar-refractivity contribution in [3.8, 4) is 11.5 Å². The minimum atomic E-state index is -1.41. The van der Waals surface area contributed by atoms with Gasteiger partial charge in [-0.2, -0.15) is 0 Å². The molecule has 0 fully saturated rings. The van der Waals surface area contributed by atoms with Gasteiger partial charge in [-0.15, -0.1) is 6.58 Å². The van der Waals surface area contributed by atoms with Crippen molar-refractivity contribution in [2.75, 3.05) is 28.4 Å². The van der Waals surface area contributed by atoms with Gasteiger partial charge in [-0.05, 0) is 24.5 Å². The summed E-state index contributed by atoms with van der Waals surface area (Å²) in [6.45, 7) is 3.85. The number of ether oxygens (including phenoxy) is 4. The zero-order valence-corrected chi connectivity index (χ0v) is 14.4. The third-order valence-electron chi connectivity index (χ3n) is 4.53. The van der Waals surface area contributed by atoms with E-state index in [2.05, 4.69) is 6.58 Å². The third kappa shape index (κ3) is 2.72. The maximum Gasteiger partial charge on any atom is 0.323 e. The van der Waals surface area contributed by atoms with Gasteiger partial charge in [-0.3, -0.25) is 9.59 Å². The summed E-state index contributed by atoms with van der Waals surface area (Å²) in [4.78, 5) is 24.9. The van der Waals surface area contributed by atoms with E-state index >= 15 is 0 Å². The van der Waals surface area contributed by atoms with Crippen LogP contribution in [0.25, 0.3) is 0 Å². The number of fused-ring (bicyclic) bond motifs is 1. The summed E-state index contributed by atoms with van der Waals surface area (Å²) in [6, 6.07) is 3.58. The predicted octanol–water partition coefficient (Wildman–Crippen LogP) is 2.25. The Morgan fingerprint density at radius 2 is 1.75 bits per heavy atom. The van der Waals surface area contributed by atoms with Crippen molar-refractivity contribution < 1.29 is 28.5 Å². The molecule has 1 aliphatic carbocycles. The van der Waals surface area contributed by atoms with Gasteiger partial charge in [0.25, 0.3) is 0 Å². The molecule has 0 radical (unpaired) electrons. The quantitative estimate of drug-likeness (QED) is 0.467. The molecule has 1 unspecified atom stereocenters. The normalized spacial score (nSPS) is 18.1. The van der Waals surface area contributed by atoms with Gasteiger partial charge in [0.15, 0.2) is 5.41 Å². The van der Waals surface area contributed by atoms with Crippen LogP contribution in [0.1, 0.15) is 23.5 Å². The van der Waals surface area contributed by atoms with Gasteiger partial charge in [0, 0.05) is 17.5 Å². The van der Waals surface area contributed by atoms with Crippen LogP contribution in [0.15, 0.2) is 24.8 Å². The summed E-state index contributed by atoms with van der Waals surface area (Å²) in [5, 5.41) is 0. The van der Waals surface area contributed by atoms with Gasteiger partial charge < -0.3 is 18.9 Å². The Morgan fingerprint density at radius 1 is 1.12 bits per heavy atom. The lowest BCUT2D eigenvalue weighted by atomic mass is 9.66. The van der Waals surface area contributed by atoms with Gasteiger partial charge in [0.1, 0.15) is 11.5 Å². The molecule has 1 aromatic carbocycles. The van der Waals surface area contributed by atoms with Gasteiger partial charge in [0.05, 0.1) is 28.4 Å². The smallest absolute Gasteiger partial charge is 0.323 e. The Labute approximate surface area is 141 Å². The average Bonchev–Trinajstić information content (AvgIpc) is 2.64. The molecule has 0 amide bonds. The van der Waals surface area contributed by atoms with Crippen LogP contribution >= 0.6 is 0 Å². The largest absolute Gasteiger partial charge is 0.497 e. The molecule has 1 atom stereocenters. The van der Waals surface area contributed by atoms with Crippen LogP contribution in [0.5, 0.6) is 11.5 Å². The van der Waals surface area contributed by atoms with E-state index in [1.165, 1.54) is 14.2 Å². The Hall–Kier alpha value is -2.50. The molecule has 0 aliphatic heterocycles. The summed E-state index contributed by atoms with van der Waals surface area (Å²) < 4.78 is 20.6. The Morgan fingerprint density at radius 3 is 2.21 bits per heavy atom. The van der Waals surface area contributed by atoms with Gasteiger partial charge in [-0.1, -0.05) is 6.08 Å². The van der Waals surface area contributed by atoms with E-state index in [0.29, 0.717) is 11.5 Å². The van der Waals surface area contributed by atoms with Crippen LogP contribution in [0, 0.1) is 5.41 Å². The molecular weight excluding hydrogens is 312 g/mol. The average molecular weight is 334 g/mol. The maximum absolute atomic E-state index is 12.4. The van der Waals surface area contributed by atoms with Crippen molar-refractivity contribution in [2.45, 2.75) is 18.8 Å². The highest BCUT2D eigenvalue weighted by Crippen LogP contribution is 2.49. The molecule has 1 aromatic rings. The number of esters is 2. The number of carbonyl (C=O) groups excluding carboxylic acids is 2. The van der Waals surface area contributed by atoms with E-state index in [9.17, 15) is 9.59 Å². The van der Waals surface area contributed by atoms with Crippen LogP contribution in [-0.4, -0.2) is 40.4 Å². The topological polar surface area (TPSA) is 71.1 Å². The SMILES string of the molecule is C=CC1CC(C(=O)OC)(C(=O)OC)Cc2cc(OC)cc(OC)c21. The van der Waals surface area contributed by atoms with Crippen LogP contribution in [-0.2, 0) is 25.5 Å². The van der Waals surface area contributed by atoms with Crippen molar-refractivity contribution >= 4 is 11.9 Å². The molecule has 0 N–H and O–H groups in total. The van der Waals surface area contributed by atoms with Crippen molar-refractivity contribution in [1.29, 1.82) is 0 Å². The first-order valence-corrected chi connectivity index (χ1v) is 7.51. The zero-order chi connectivity index (χ0) is 17.9. The minimum absolute atomic E-state index is 0.152. The summed E-state index contributed by atoms with van der Waals surface area (Å²) >= 11 is 0. The number of allylic oxidation sites excluding steroid dienone is 1. The minimum Gasteiger partial charge on any atom is -0.497 e. The fraction of sp³-hybridized carbons (Fsp3) is 0.444. The molecular formula is C18H22O6. The van der Waals surface area contributed by atoms with Crippen molar-refractivity contribution in [3.63, 3.8) is 0 Å². The molecule has 0 spiro atoms. The van der Waals surface area contributed by atoms with Gasteiger partial charge in [0.2, 0.25) is 0 Å². The standard InChI is InChI=1S/C18H22O6/c1-6-11-9-18(16(19)23-4,17(20)24-5)10-12-7-13(21-2)8-14(22-3)15(11)12/h6-8,11H,1,9-10H2,2-5H3. The first kappa shape index (κ1) is 17.8. The number of carbonyl (C=O) groups is 2. The van der Waals surface area contributed by atoms with Crippen LogP contribution in [0.3, 0.4) is 0 Å². The molecule has 0 heterocycles.